The first-order valence-corrected chi connectivity index (χ1v) is 11.1. The normalized spacial score (nSPS) is 13.7. The molecule has 0 bridgehead atoms. The topological polar surface area (TPSA) is 62.1 Å². The van der Waals surface area contributed by atoms with Gasteiger partial charge in [0.2, 0.25) is 0 Å². The first-order chi connectivity index (χ1) is 13.8. The van der Waals surface area contributed by atoms with Crippen LogP contribution in [0.5, 0.6) is 0 Å². The summed E-state index contributed by atoms with van der Waals surface area (Å²) >= 11 is 0. The molecular formula is C24H40N4. The van der Waals surface area contributed by atoms with Gasteiger partial charge < -0.3 is 21.7 Å². The van der Waals surface area contributed by atoms with E-state index in [0.29, 0.717) is 18.6 Å². The second-order valence-electron chi connectivity index (χ2n) is 7.80. The lowest BCUT2D eigenvalue weighted by Gasteiger charge is -2.24. The highest BCUT2D eigenvalue weighted by Gasteiger charge is 2.12. The Hall–Kier alpha value is -1.46. The standard InChI is InChI=1S/C24H40N4/c1-3-4-13-23(19-28-22(17-25)14-7-8-16-26-2)27-18-21-12-9-11-20-10-5-6-15-24(20)21/h5-6,9-12,15,22-23,26-28H,3-4,7-8,13-14,16-19,25H2,1-2H3/t22?,23-/m0/s1. The Kier molecular flexibility index (Phi) is 11.1. The van der Waals surface area contributed by atoms with Crippen molar-refractivity contribution < 1.29 is 0 Å². The predicted octanol–water partition coefficient (Wildman–Crippen LogP) is 3.79. The lowest BCUT2D eigenvalue weighted by Crippen LogP contribution is -2.45. The van der Waals surface area contributed by atoms with Crippen LogP contribution in [0.15, 0.2) is 42.5 Å². The van der Waals surface area contributed by atoms with Crippen molar-refractivity contribution >= 4 is 10.8 Å². The number of nitrogens with one attached hydrogen (secondary N) is 3. The molecule has 0 aromatic heterocycles. The molecule has 1 unspecified atom stereocenters. The molecule has 2 aromatic carbocycles. The highest BCUT2D eigenvalue weighted by atomic mass is 15.0. The van der Waals surface area contributed by atoms with Crippen LogP contribution in [0.4, 0.5) is 0 Å². The molecule has 0 radical (unpaired) electrons. The van der Waals surface area contributed by atoms with Crippen LogP contribution in [0.1, 0.15) is 51.0 Å². The summed E-state index contributed by atoms with van der Waals surface area (Å²) in [6.45, 7) is 5.96. The maximum Gasteiger partial charge on any atom is 0.0214 e. The van der Waals surface area contributed by atoms with E-state index in [-0.39, 0.29) is 0 Å². The molecule has 0 aliphatic rings. The van der Waals surface area contributed by atoms with Gasteiger partial charge in [-0.2, -0.15) is 0 Å². The van der Waals surface area contributed by atoms with Gasteiger partial charge in [-0.15, -0.1) is 0 Å². The van der Waals surface area contributed by atoms with Gasteiger partial charge in [0.1, 0.15) is 0 Å². The molecule has 0 spiro atoms. The Labute approximate surface area is 171 Å². The highest BCUT2D eigenvalue weighted by molar-refractivity contribution is 5.85. The van der Waals surface area contributed by atoms with E-state index in [1.165, 1.54) is 48.4 Å². The summed E-state index contributed by atoms with van der Waals surface area (Å²) < 4.78 is 0. The molecule has 0 aliphatic carbocycles. The molecule has 0 aliphatic heterocycles. The van der Waals surface area contributed by atoms with E-state index in [1.807, 2.05) is 7.05 Å². The lowest BCUT2D eigenvalue weighted by atomic mass is 10.0. The quantitative estimate of drug-likeness (QED) is 0.353. The molecular weight excluding hydrogens is 344 g/mol. The summed E-state index contributed by atoms with van der Waals surface area (Å²) in [5.74, 6) is 0. The molecule has 0 amide bonds. The average molecular weight is 385 g/mol. The fourth-order valence-electron chi connectivity index (χ4n) is 3.73. The minimum absolute atomic E-state index is 0.417. The third-order valence-electron chi connectivity index (χ3n) is 5.53. The number of unbranched alkanes of at least 4 members (excludes halogenated alkanes) is 2. The number of fused-ring (bicyclic) bond motifs is 1. The van der Waals surface area contributed by atoms with E-state index in [0.717, 1.165) is 26.1 Å². The lowest BCUT2D eigenvalue weighted by molar-refractivity contribution is 0.390. The first-order valence-electron chi connectivity index (χ1n) is 11.1. The van der Waals surface area contributed by atoms with Crippen LogP contribution in [-0.4, -0.2) is 38.8 Å². The molecule has 0 fully saturated rings. The summed E-state index contributed by atoms with van der Waals surface area (Å²) in [5.41, 5.74) is 7.38. The number of hydrogen-bond acceptors (Lipinski definition) is 4. The zero-order chi connectivity index (χ0) is 20.0. The molecule has 156 valence electrons. The van der Waals surface area contributed by atoms with Crippen LogP contribution in [-0.2, 0) is 6.54 Å². The number of rotatable bonds is 15. The summed E-state index contributed by atoms with van der Waals surface area (Å²) in [6, 6.07) is 16.1. The molecule has 4 nitrogen and oxygen atoms in total. The largest absolute Gasteiger partial charge is 0.329 e. The van der Waals surface area contributed by atoms with Gasteiger partial charge in [-0.05, 0) is 49.2 Å². The van der Waals surface area contributed by atoms with E-state index in [1.54, 1.807) is 0 Å². The fraction of sp³-hybridized carbons (Fsp3) is 0.583. The second-order valence-corrected chi connectivity index (χ2v) is 7.80. The fourth-order valence-corrected chi connectivity index (χ4v) is 3.73. The Morgan fingerprint density at radius 3 is 2.46 bits per heavy atom. The van der Waals surface area contributed by atoms with Crippen LogP contribution in [0, 0.1) is 0 Å². The summed E-state index contributed by atoms with van der Waals surface area (Å²) in [4.78, 5) is 0. The second kappa shape index (κ2) is 13.7. The molecule has 2 atom stereocenters. The molecule has 28 heavy (non-hydrogen) atoms. The SMILES string of the molecule is CCCC[C@@H](CNC(CN)CCCCNC)NCc1cccc2ccccc12. The highest BCUT2D eigenvalue weighted by Crippen LogP contribution is 2.18. The Bertz CT molecular complexity index is 653. The average Bonchev–Trinajstić information content (AvgIpc) is 2.74. The van der Waals surface area contributed by atoms with Crippen molar-refractivity contribution in [2.24, 2.45) is 5.73 Å². The van der Waals surface area contributed by atoms with E-state index in [4.69, 9.17) is 5.73 Å². The zero-order valence-corrected chi connectivity index (χ0v) is 17.8. The van der Waals surface area contributed by atoms with Gasteiger partial charge >= 0.3 is 0 Å². The van der Waals surface area contributed by atoms with E-state index in [9.17, 15) is 0 Å². The van der Waals surface area contributed by atoms with Gasteiger partial charge in [0.05, 0.1) is 0 Å². The maximum absolute atomic E-state index is 6.00. The van der Waals surface area contributed by atoms with Gasteiger partial charge in [-0.25, -0.2) is 0 Å². The van der Waals surface area contributed by atoms with Crippen molar-refractivity contribution in [1.29, 1.82) is 0 Å². The Morgan fingerprint density at radius 2 is 1.68 bits per heavy atom. The van der Waals surface area contributed by atoms with Crippen molar-refractivity contribution in [3.05, 3.63) is 48.0 Å². The zero-order valence-electron chi connectivity index (χ0n) is 17.8. The molecule has 0 saturated heterocycles. The van der Waals surface area contributed by atoms with Crippen LogP contribution in [0.25, 0.3) is 10.8 Å². The summed E-state index contributed by atoms with van der Waals surface area (Å²) in [7, 11) is 2.01. The van der Waals surface area contributed by atoms with Crippen LogP contribution in [0.2, 0.25) is 0 Å². The maximum atomic E-state index is 6.00. The molecule has 0 saturated carbocycles. The van der Waals surface area contributed by atoms with Gasteiger partial charge in [0.25, 0.3) is 0 Å². The predicted molar refractivity (Wildman–Crippen MR) is 123 cm³/mol. The molecule has 0 heterocycles. The van der Waals surface area contributed by atoms with Gasteiger partial charge in [-0.3, -0.25) is 0 Å². The monoisotopic (exact) mass is 384 g/mol. The smallest absolute Gasteiger partial charge is 0.0214 e. The van der Waals surface area contributed by atoms with Gasteiger partial charge in [-0.1, -0.05) is 68.7 Å². The third kappa shape index (κ3) is 7.88. The number of nitrogens with two attached hydrogens (primary N) is 1. The number of hydrogen-bond donors (Lipinski definition) is 4. The molecule has 2 rings (SSSR count). The summed E-state index contributed by atoms with van der Waals surface area (Å²) in [6.07, 6.45) is 7.28. The molecule has 5 N–H and O–H groups in total. The van der Waals surface area contributed by atoms with E-state index >= 15 is 0 Å². The van der Waals surface area contributed by atoms with E-state index in [2.05, 4.69) is 65.3 Å². The van der Waals surface area contributed by atoms with Crippen LogP contribution in [0.3, 0.4) is 0 Å². The minimum Gasteiger partial charge on any atom is -0.329 e. The van der Waals surface area contributed by atoms with Crippen molar-refractivity contribution in [2.75, 3.05) is 26.7 Å². The van der Waals surface area contributed by atoms with Crippen LogP contribution < -0.4 is 21.7 Å². The van der Waals surface area contributed by atoms with Gasteiger partial charge in [0.15, 0.2) is 0 Å². The first kappa shape index (κ1) is 22.8. The Balaban J connectivity index is 1.87. The van der Waals surface area contributed by atoms with E-state index < -0.39 is 0 Å². The third-order valence-corrected chi connectivity index (χ3v) is 5.53. The van der Waals surface area contributed by atoms with Crippen molar-refractivity contribution in [2.45, 2.75) is 64.1 Å². The van der Waals surface area contributed by atoms with Crippen molar-refractivity contribution in [3.63, 3.8) is 0 Å². The summed E-state index contributed by atoms with van der Waals surface area (Å²) in [5, 5.41) is 13.4. The molecule has 2 aromatic rings. The van der Waals surface area contributed by atoms with Crippen molar-refractivity contribution in [3.8, 4) is 0 Å². The number of benzene rings is 2. The van der Waals surface area contributed by atoms with Crippen LogP contribution >= 0.6 is 0 Å². The van der Waals surface area contributed by atoms with Crippen molar-refractivity contribution in [1.82, 2.24) is 16.0 Å². The minimum atomic E-state index is 0.417. The Morgan fingerprint density at radius 1 is 0.893 bits per heavy atom. The molecule has 4 heteroatoms. The van der Waals surface area contributed by atoms with Gasteiger partial charge in [0, 0.05) is 31.7 Å².